The van der Waals surface area contributed by atoms with Crippen molar-refractivity contribution in [3.63, 3.8) is 0 Å². The number of ether oxygens (including phenoxy) is 1. The highest BCUT2D eigenvalue weighted by Crippen LogP contribution is 2.00. The molecule has 12 heavy (non-hydrogen) atoms. The highest BCUT2D eigenvalue weighted by atomic mass is 16.5. The van der Waals surface area contributed by atoms with Crippen LogP contribution in [0.4, 0.5) is 0 Å². The van der Waals surface area contributed by atoms with Crippen molar-refractivity contribution >= 4 is 11.8 Å². The third-order valence-electron chi connectivity index (χ3n) is 1.26. The fourth-order valence-electron chi connectivity index (χ4n) is 0.665. The van der Waals surface area contributed by atoms with Gasteiger partial charge in [0.2, 0.25) is 0 Å². The lowest BCUT2D eigenvalue weighted by Crippen LogP contribution is -2.17. The van der Waals surface area contributed by atoms with E-state index in [4.69, 9.17) is 5.26 Å². The second-order valence-corrected chi connectivity index (χ2v) is 2.32. The van der Waals surface area contributed by atoms with Gasteiger partial charge >= 0.3 is 5.97 Å². The summed E-state index contributed by atoms with van der Waals surface area (Å²) in [6.07, 6.45) is -0.568. The minimum Gasteiger partial charge on any atom is -0.447 e. The van der Waals surface area contributed by atoms with Crippen LogP contribution < -0.4 is 0 Å². The molecule has 0 aromatic rings. The SMILES string of the molecule is CCC(=O)CC(C#N)OC(C)=O. The summed E-state index contributed by atoms with van der Waals surface area (Å²) >= 11 is 0. The molecule has 0 amide bonds. The van der Waals surface area contributed by atoms with Crippen molar-refractivity contribution in [1.82, 2.24) is 0 Å². The lowest BCUT2D eigenvalue weighted by Gasteiger charge is -2.06. The van der Waals surface area contributed by atoms with Crippen molar-refractivity contribution < 1.29 is 14.3 Å². The first-order chi connectivity index (χ1) is 5.60. The normalized spacial score (nSPS) is 11.4. The van der Waals surface area contributed by atoms with E-state index in [0.717, 1.165) is 0 Å². The van der Waals surface area contributed by atoms with E-state index in [0.29, 0.717) is 6.42 Å². The van der Waals surface area contributed by atoms with Crippen molar-refractivity contribution in [1.29, 1.82) is 5.26 Å². The van der Waals surface area contributed by atoms with Gasteiger partial charge in [0.1, 0.15) is 11.9 Å². The van der Waals surface area contributed by atoms with Gasteiger partial charge < -0.3 is 4.74 Å². The van der Waals surface area contributed by atoms with Gasteiger partial charge in [0.15, 0.2) is 6.10 Å². The van der Waals surface area contributed by atoms with Gasteiger partial charge in [-0.2, -0.15) is 5.26 Å². The molecule has 1 unspecified atom stereocenters. The van der Waals surface area contributed by atoms with E-state index in [1.165, 1.54) is 6.92 Å². The molecule has 1 atom stereocenters. The summed E-state index contributed by atoms with van der Waals surface area (Å²) in [5.41, 5.74) is 0. The number of nitrogens with zero attached hydrogens (tertiary/aromatic N) is 1. The van der Waals surface area contributed by atoms with Crippen LogP contribution in [0.5, 0.6) is 0 Å². The second-order valence-electron chi connectivity index (χ2n) is 2.32. The van der Waals surface area contributed by atoms with Crippen LogP contribution in [0.25, 0.3) is 0 Å². The molecule has 0 radical (unpaired) electrons. The van der Waals surface area contributed by atoms with Crippen molar-refractivity contribution in [3.05, 3.63) is 0 Å². The van der Waals surface area contributed by atoms with Gasteiger partial charge in [-0.3, -0.25) is 9.59 Å². The molecule has 0 aromatic heterocycles. The minimum atomic E-state index is -0.921. The Balaban J connectivity index is 3.93. The fourth-order valence-corrected chi connectivity index (χ4v) is 0.665. The molecule has 0 fully saturated rings. The van der Waals surface area contributed by atoms with E-state index >= 15 is 0 Å². The molecule has 0 rings (SSSR count). The van der Waals surface area contributed by atoms with E-state index in [9.17, 15) is 9.59 Å². The molecule has 0 saturated heterocycles. The molecule has 0 bridgehead atoms. The van der Waals surface area contributed by atoms with Crippen molar-refractivity contribution in [2.45, 2.75) is 32.8 Å². The molecule has 0 aromatic carbocycles. The Kier molecular flexibility index (Phi) is 4.70. The number of ketones is 1. The van der Waals surface area contributed by atoms with Gasteiger partial charge in [0.25, 0.3) is 0 Å². The summed E-state index contributed by atoms with van der Waals surface area (Å²) in [6.45, 7) is 2.91. The monoisotopic (exact) mass is 169 g/mol. The van der Waals surface area contributed by atoms with Crippen molar-refractivity contribution in [2.24, 2.45) is 0 Å². The number of carbonyl (C=O) groups excluding carboxylic acids is 2. The Bertz CT molecular complexity index is 217. The molecule has 0 N–H and O–H groups in total. The number of carbonyl (C=O) groups is 2. The lowest BCUT2D eigenvalue weighted by atomic mass is 10.1. The van der Waals surface area contributed by atoms with Crippen LogP contribution in [0.2, 0.25) is 0 Å². The maximum absolute atomic E-state index is 10.8. The van der Waals surface area contributed by atoms with E-state index < -0.39 is 12.1 Å². The maximum atomic E-state index is 10.8. The second kappa shape index (κ2) is 5.30. The molecule has 0 heterocycles. The Morgan fingerprint density at radius 1 is 1.58 bits per heavy atom. The van der Waals surface area contributed by atoms with Gasteiger partial charge in [-0.1, -0.05) is 6.92 Å². The van der Waals surface area contributed by atoms with Crippen LogP contribution in [0.3, 0.4) is 0 Å². The number of hydrogen-bond acceptors (Lipinski definition) is 4. The largest absolute Gasteiger partial charge is 0.447 e. The average molecular weight is 169 g/mol. The zero-order chi connectivity index (χ0) is 9.56. The molecule has 0 saturated carbocycles. The zero-order valence-electron chi connectivity index (χ0n) is 7.16. The molecular formula is C8H11NO3. The topological polar surface area (TPSA) is 67.2 Å². The third-order valence-corrected chi connectivity index (χ3v) is 1.26. The predicted octanol–water partition coefficient (Wildman–Crippen LogP) is 0.811. The van der Waals surface area contributed by atoms with Crippen LogP contribution in [0, 0.1) is 11.3 Å². The quantitative estimate of drug-likeness (QED) is 0.584. The van der Waals surface area contributed by atoms with E-state index in [2.05, 4.69) is 4.74 Å². The number of nitriles is 1. The average Bonchev–Trinajstić information content (AvgIpc) is 2.02. The fraction of sp³-hybridized carbons (Fsp3) is 0.625. The maximum Gasteiger partial charge on any atom is 0.303 e. The molecule has 0 aliphatic rings. The summed E-state index contributed by atoms with van der Waals surface area (Å²) in [7, 11) is 0. The van der Waals surface area contributed by atoms with Crippen LogP contribution in [0.15, 0.2) is 0 Å². The summed E-state index contributed by atoms with van der Waals surface area (Å²) in [5, 5.41) is 8.44. The number of Topliss-reactive ketones (excluding diaryl/α,β-unsaturated/α-hetero) is 1. The standard InChI is InChI=1S/C8H11NO3/c1-3-7(11)4-8(5-9)12-6(2)10/h8H,3-4H2,1-2H3. The molecule has 0 spiro atoms. The summed E-state index contributed by atoms with van der Waals surface area (Å²) < 4.78 is 4.55. The number of hydrogen-bond donors (Lipinski definition) is 0. The van der Waals surface area contributed by atoms with Gasteiger partial charge in [0, 0.05) is 13.3 Å². The Morgan fingerprint density at radius 2 is 2.17 bits per heavy atom. The summed E-state index contributed by atoms with van der Waals surface area (Å²) in [6, 6.07) is 1.73. The molecular weight excluding hydrogens is 158 g/mol. The molecule has 4 heteroatoms. The van der Waals surface area contributed by atoms with Crippen LogP contribution >= 0.6 is 0 Å². The van der Waals surface area contributed by atoms with Gasteiger partial charge in [-0.05, 0) is 0 Å². The lowest BCUT2D eigenvalue weighted by molar-refractivity contribution is -0.144. The summed E-state index contributed by atoms with van der Waals surface area (Å²) in [5.74, 6) is -0.617. The molecule has 0 aliphatic heterocycles. The third kappa shape index (κ3) is 4.45. The van der Waals surface area contributed by atoms with Crippen LogP contribution in [-0.4, -0.2) is 17.9 Å². The van der Waals surface area contributed by atoms with E-state index in [-0.39, 0.29) is 12.2 Å². The van der Waals surface area contributed by atoms with Crippen molar-refractivity contribution in [3.8, 4) is 6.07 Å². The Hall–Kier alpha value is -1.37. The van der Waals surface area contributed by atoms with Crippen LogP contribution in [-0.2, 0) is 14.3 Å². The van der Waals surface area contributed by atoms with Crippen LogP contribution in [0.1, 0.15) is 26.7 Å². The highest BCUT2D eigenvalue weighted by molar-refractivity contribution is 5.79. The molecule has 0 aliphatic carbocycles. The van der Waals surface area contributed by atoms with Gasteiger partial charge in [-0.15, -0.1) is 0 Å². The smallest absolute Gasteiger partial charge is 0.303 e. The van der Waals surface area contributed by atoms with Gasteiger partial charge in [-0.25, -0.2) is 0 Å². The minimum absolute atomic E-state index is 0.00736. The number of rotatable bonds is 4. The predicted molar refractivity (Wildman–Crippen MR) is 41.1 cm³/mol. The summed E-state index contributed by atoms with van der Waals surface area (Å²) in [4.78, 5) is 21.2. The first-order valence-electron chi connectivity index (χ1n) is 3.68. The first-order valence-corrected chi connectivity index (χ1v) is 3.68. The van der Waals surface area contributed by atoms with Gasteiger partial charge in [0.05, 0.1) is 6.42 Å². The zero-order valence-corrected chi connectivity index (χ0v) is 7.16. The van der Waals surface area contributed by atoms with E-state index in [1.54, 1.807) is 13.0 Å². The number of esters is 1. The van der Waals surface area contributed by atoms with Crippen molar-refractivity contribution in [2.75, 3.05) is 0 Å². The molecule has 66 valence electrons. The Morgan fingerprint density at radius 3 is 2.50 bits per heavy atom. The highest BCUT2D eigenvalue weighted by Gasteiger charge is 2.13. The Labute approximate surface area is 71.1 Å². The van der Waals surface area contributed by atoms with E-state index in [1.807, 2.05) is 0 Å². The molecule has 4 nitrogen and oxygen atoms in total. The first kappa shape index (κ1) is 10.6.